The molecule has 37 heavy (non-hydrogen) atoms. The molecule has 9 nitrogen and oxygen atoms in total. The zero-order chi connectivity index (χ0) is 26.3. The second kappa shape index (κ2) is 10.1. The van der Waals surface area contributed by atoms with Crippen molar-refractivity contribution in [3.63, 3.8) is 0 Å². The van der Waals surface area contributed by atoms with Gasteiger partial charge in [0.25, 0.3) is 0 Å². The van der Waals surface area contributed by atoms with E-state index in [0.717, 1.165) is 24.1 Å². The number of piperidine rings is 1. The average molecular weight is 564 g/mol. The molecule has 2 aromatic carbocycles. The maximum atomic E-state index is 13.5. The van der Waals surface area contributed by atoms with Gasteiger partial charge >= 0.3 is 0 Å². The van der Waals surface area contributed by atoms with Crippen LogP contribution in [0.2, 0.25) is 10.0 Å². The van der Waals surface area contributed by atoms with Crippen molar-refractivity contribution < 1.29 is 12.8 Å². The number of benzene rings is 2. The topological polar surface area (TPSA) is 105 Å². The fourth-order valence-electron chi connectivity index (χ4n) is 4.26. The highest BCUT2D eigenvalue weighted by atomic mass is 35.5. The molecule has 194 valence electrons. The molecule has 13 heteroatoms. The highest BCUT2D eigenvalue weighted by Gasteiger charge is 2.30. The second-order valence-electron chi connectivity index (χ2n) is 8.93. The van der Waals surface area contributed by atoms with E-state index >= 15 is 0 Å². The maximum absolute atomic E-state index is 13.5. The number of rotatable bonds is 6. The molecule has 0 amide bonds. The zero-order valence-electron chi connectivity index (χ0n) is 20.0. The Balaban J connectivity index is 1.34. The number of sulfonamides is 1. The van der Waals surface area contributed by atoms with Gasteiger partial charge in [0, 0.05) is 26.2 Å². The normalized spacial score (nSPS) is 16.7. The van der Waals surface area contributed by atoms with E-state index < -0.39 is 15.8 Å². The van der Waals surface area contributed by atoms with Crippen LogP contribution in [0.25, 0.3) is 11.2 Å². The lowest BCUT2D eigenvalue weighted by Gasteiger charge is -2.32. The lowest BCUT2D eigenvalue weighted by Crippen LogP contribution is -2.45. The molecular weight excluding hydrogens is 540 g/mol. The van der Waals surface area contributed by atoms with Gasteiger partial charge in [-0.2, -0.15) is 9.29 Å². The molecule has 1 saturated heterocycles. The summed E-state index contributed by atoms with van der Waals surface area (Å²) in [6.07, 6.45) is 3.07. The van der Waals surface area contributed by atoms with E-state index in [1.807, 2.05) is 6.92 Å². The standard InChI is InChI=1S/C24H24Cl2FN7O2S/c1-14-5-7-17(8-6-14)37(35,36)34-9-3-4-16(13-34)29-23-28-12-20-22(32-23)33(2)24(30-20)31-21-18(25)10-15(27)11-19(21)26/h5-8,10-12,16H,3-4,9,13H2,1-2H3,(H,30,31)(H,28,29,32)/t16-/m1/s1. The first kappa shape index (κ1) is 25.7. The lowest BCUT2D eigenvalue weighted by molar-refractivity contribution is 0.326. The largest absolute Gasteiger partial charge is 0.350 e. The first-order chi connectivity index (χ1) is 17.6. The SMILES string of the molecule is Cc1ccc(S(=O)(=O)N2CCC[C@@H](Nc3ncc4nc(Nc5c(Cl)cc(F)cc5Cl)n(C)c4n3)C2)cc1. The average Bonchev–Trinajstić information content (AvgIpc) is 3.16. The summed E-state index contributed by atoms with van der Waals surface area (Å²) in [5.74, 6) is 0.212. The predicted octanol–water partition coefficient (Wildman–Crippen LogP) is 5.13. The molecule has 0 aliphatic carbocycles. The van der Waals surface area contributed by atoms with Crippen LogP contribution in [0.4, 0.5) is 22.0 Å². The van der Waals surface area contributed by atoms with Crippen molar-refractivity contribution in [3.8, 4) is 0 Å². The number of aromatic nitrogens is 4. The van der Waals surface area contributed by atoms with Gasteiger partial charge in [-0.05, 0) is 44.0 Å². The van der Waals surface area contributed by atoms with Gasteiger partial charge < -0.3 is 10.6 Å². The van der Waals surface area contributed by atoms with Crippen molar-refractivity contribution in [2.75, 3.05) is 23.7 Å². The van der Waals surface area contributed by atoms with Gasteiger partial charge in [-0.3, -0.25) is 4.57 Å². The molecule has 0 bridgehead atoms. The second-order valence-corrected chi connectivity index (χ2v) is 11.7. The number of anilines is 3. The molecule has 2 aromatic heterocycles. The number of hydrogen-bond acceptors (Lipinski definition) is 7. The highest BCUT2D eigenvalue weighted by Crippen LogP contribution is 2.34. The van der Waals surface area contributed by atoms with Crippen LogP contribution in [0.1, 0.15) is 18.4 Å². The van der Waals surface area contributed by atoms with E-state index in [-0.39, 0.29) is 21.0 Å². The summed E-state index contributed by atoms with van der Waals surface area (Å²) in [6, 6.07) is 9.03. The molecular formula is C24H24Cl2FN7O2S. The van der Waals surface area contributed by atoms with Gasteiger partial charge in [0.15, 0.2) is 5.65 Å². The van der Waals surface area contributed by atoms with Crippen molar-refractivity contribution in [1.29, 1.82) is 0 Å². The number of imidazole rings is 1. The van der Waals surface area contributed by atoms with Gasteiger partial charge in [-0.25, -0.2) is 22.8 Å². The first-order valence-corrected chi connectivity index (χ1v) is 13.8. The van der Waals surface area contributed by atoms with E-state index in [9.17, 15) is 12.8 Å². The summed E-state index contributed by atoms with van der Waals surface area (Å²) >= 11 is 12.3. The Morgan fingerprint density at radius 1 is 1.11 bits per heavy atom. The van der Waals surface area contributed by atoms with Crippen molar-refractivity contribution in [3.05, 3.63) is 64.0 Å². The molecule has 3 heterocycles. The van der Waals surface area contributed by atoms with Gasteiger partial charge in [0.2, 0.25) is 21.9 Å². The molecule has 0 radical (unpaired) electrons. The van der Waals surface area contributed by atoms with Crippen molar-refractivity contribution >= 4 is 62.0 Å². The van der Waals surface area contributed by atoms with Crippen molar-refractivity contribution in [2.24, 2.45) is 7.05 Å². The van der Waals surface area contributed by atoms with Crippen molar-refractivity contribution in [1.82, 2.24) is 23.8 Å². The molecule has 0 unspecified atom stereocenters. The number of halogens is 3. The Labute approximate surface area is 223 Å². The Morgan fingerprint density at radius 2 is 1.81 bits per heavy atom. The van der Waals surface area contributed by atoms with Crippen LogP contribution in [-0.2, 0) is 17.1 Å². The Kier molecular flexibility index (Phi) is 6.97. The fraction of sp³-hybridized carbons (Fsp3) is 0.292. The Bertz CT molecular complexity index is 1560. The van der Waals surface area contributed by atoms with E-state index in [0.29, 0.717) is 48.3 Å². The molecule has 0 saturated carbocycles. The minimum atomic E-state index is -3.60. The third-order valence-electron chi connectivity index (χ3n) is 6.23. The molecule has 1 aliphatic rings. The van der Waals surface area contributed by atoms with Gasteiger partial charge in [-0.15, -0.1) is 0 Å². The number of hydrogen-bond donors (Lipinski definition) is 2. The van der Waals surface area contributed by atoms with E-state index in [1.165, 1.54) is 4.31 Å². The van der Waals surface area contributed by atoms with Crippen LogP contribution in [0.5, 0.6) is 0 Å². The smallest absolute Gasteiger partial charge is 0.243 e. The third-order valence-corrected chi connectivity index (χ3v) is 8.71. The van der Waals surface area contributed by atoms with Crippen LogP contribution >= 0.6 is 23.2 Å². The number of nitrogens with zero attached hydrogens (tertiary/aromatic N) is 5. The first-order valence-electron chi connectivity index (χ1n) is 11.6. The van der Waals surface area contributed by atoms with Gasteiger partial charge in [0.1, 0.15) is 11.3 Å². The molecule has 1 aliphatic heterocycles. The Morgan fingerprint density at radius 3 is 2.51 bits per heavy atom. The van der Waals surface area contributed by atoms with Crippen molar-refractivity contribution in [2.45, 2.75) is 30.7 Å². The predicted molar refractivity (Wildman–Crippen MR) is 143 cm³/mol. The zero-order valence-corrected chi connectivity index (χ0v) is 22.4. The van der Waals surface area contributed by atoms with E-state index in [1.54, 1.807) is 42.1 Å². The summed E-state index contributed by atoms with van der Waals surface area (Å²) < 4.78 is 43.0. The number of fused-ring (bicyclic) bond motifs is 1. The molecule has 2 N–H and O–H groups in total. The van der Waals surface area contributed by atoms with E-state index in [4.69, 9.17) is 23.2 Å². The van der Waals surface area contributed by atoms with E-state index in [2.05, 4.69) is 25.6 Å². The molecule has 1 atom stereocenters. The summed E-state index contributed by atoms with van der Waals surface area (Å²) in [5, 5.41) is 6.54. The number of aryl methyl sites for hydroxylation is 2. The maximum Gasteiger partial charge on any atom is 0.243 e. The fourth-order valence-corrected chi connectivity index (χ4v) is 6.34. The van der Waals surface area contributed by atoms with Crippen LogP contribution in [0.3, 0.4) is 0 Å². The minimum absolute atomic E-state index is 0.118. The minimum Gasteiger partial charge on any atom is -0.350 e. The summed E-state index contributed by atoms with van der Waals surface area (Å²) in [6.45, 7) is 2.68. The monoisotopic (exact) mass is 563 g/mol. The third kappa shape index (κ3) is 5.22. The molecule has 5 rings (SSSR count). The van der Waals surface area contributed by atoms with Crippen LogP contribution in [0.15, 0.2) is 47.5 Å². The molecule has 4 aromatic rings. The molecule has 1 fully saturated rings. The van der Waals surface area contributed by atoms with Gasteiger partial charge in [0.05, 0.1) is 26.8 Å². The van der Waals surface area contributed by atoms with Crippen LogP contribution in [-0.4, -0.2) is 51.4 Å². The quantitative estimate of drug-likeness (QED) is 0.335. The van der Waals surface area contributed by atoms with Crippen LogP contribution < -0.4 is 10.6 Å². The van der Waals surface area contributed by atoms with Crippen LogP contribution in [0, 0.1) is 12.7 Å². The summed E-state index contributed by atoms with van der Waals surface area (Å²) in [4.78, 5) is 13.7. The van der Waals surface area contributed by atoms with Gasteiger partial charge in [-0.1, -0.05) is 40.9 Å². The lowest BCUT2D eigenvalue weighted by atomic mass is 10.1. The summed E-state index contributed by atoms with van der Waals surface area (Å²) in [5.41, 5.74) is 2.39. The highest BCUT2D eigenvalue weighted by molar-refractivity contribution is 7.89. The number of nitrogens with one attached hydrogen (secondary N) is 2. The molecule has 0 spiro atoms. The summed E-state index contributed by atoms with van der Waals surface area (Å²) in [7, 11) is -1.84. The Hall–Kier alpha value is -2.99.